The van der Waals surface area contributed by atoms with Gasteiger partial charge in [0.25, 0.3) is 0 Å². The molecule has 0 aromatic carbocycles. The molecule has 0 saturated heterocycles. The lowest BCUT2D eigenvalue weighted by atomic mass is 9.82. The Morgan fingerprint density at radius 1 is 1.12 bits per heavy atom. The molecule has 0 atom stereocenters. The maximum Gasteiger partial charge on any atom is 0.119 e. The van der Waals surface area contributed by atoms with Crippen molar-refractivity contribution in [3.05, 3.63) is 30.1 Å². The monoisotopic (exact) mass is 221 g/mol. The topological polar surface area (TPSA) is 29.5 Å². The van der Waals surface area contributed by atoms with Crippen molar-refractivity contribution in [1.82, 2.24) is 4.98 Å². The number of quaternary nitrogens is 1. The molecule has 1 aromatic rings. The normalized spacial score (nSPS) is 12.8. The molecule has 16 heavy (non-hydrogen) atoms. The molecule has 1 rings (SSSR count). The van der Waals surface area contributed by atoms with Crippen LogP contribution in [0.1, 0.15) is 46.7 Å². The average molecular weight is 221 g/mol. The van der Waals surface area contributed by atoms with Crippen molar-refractivity contribution >= 4 is 0 Å². The van der Waals surface area contributed by atoms with E-state index in [2.05, 4.69) is 51.0 Å². The molecule has 0 aliphatic carbocycles. The van der Waals surface area contributed by atoms with E-state index in [1.54, 1.807) is 0 Å². The molecule has 0 radical (unpaired) electrons. The minimum atomic E-state index is 0.274. The van der Waals surface area contributed by atoms with Gasteiger partial charge in [-0.3, -0.25) is 4.98 Å². The second-order valence-corrected chi connectivity index (χ2v) is 6.46. The lowest BCUT2D eigenvalue weighted by molar-refractivity contribution is -0.737. The zero-order valence-corrected chi connectivity index (χ0v) is 11.2. The first kappa shape index (κ1) is 13.2. The van der Waals surface area contributed by atoms with Crippen molar-refractivity contribution in [3.8, 4) is 0 Å². The van der Waals surface area contributed by atoms with Crippen LogP contribution in [0.15, 0.2) is 24.4 Å². The van der Waals surface area contributed by atoms with Crippen LogP contribution < -0.4 is 5.32 Å². The van der Waals surface area contributed by atoms with Gasteiger partial charge in [0.15, 0.2) is 0 Å². The summed E-state index contributed by atoms with van der Waals surface area (Å²) >= 11 is 0. The van der Waals surface area contributed by atoms with Crippen LogP contribution in [-0.2, 0) is 6.54 Å². The van der Waals surface area contributed by atoms with E-state index >= 15 is 0 Å². The van der Waals surface area contributed by atoms with Crippen molar-refractivity contribution < 1.29 is 5.32 Å². The van der Waals surface area contributed by atoms with E-state index < -0.39 is 0 Å². The summed E-state index contributed by atoms with van der Waals surface area (Å²) in [5.41, 5.74) is 1.81. The van der Waals surface area contributed by atoms with Gasteiger partial charge in [0.05, 0.1) is 11.2 Å². The number of pyridine rings is 1. The highest BCUT2D eigenvalue weighted by Gasteiger charge is 2.28. The minimum Gasteiger partial charge on any atom is -0.337 e. The largest absolute Gasteiger partial charge is 0.337 e. The van der Waals surface area contributed by atoms with E-state index in [1.807, 2.05) is 18.3 Å². The van der Waals surface area contributed by atoms with Crippen molar-refractivity contribution in [1.29, 1.82) is 0 Å². The molecule has 90 valence electrons. The first-order valence-corrected chi connectivity index (χ1v) is 6.03. The molecule has 1 aromatic heterocycles. The number of rotatable bonds is 4. The predicted octanol–water partition coefficient (Wildman–Crippen LogP) is 2.36. The fourth-order valence-corrected chi connectivity index (χ4v) is 2.34. The van der Waals surface area contributed by atoms with Crippen LogP contribution in [0.2, 0.25) is 0 Å². The predicted molar refractivity (Wildman–Crippen MR) is 68.0 cm³/mol. The van der Waals surface area contributed by atoms with Gasteiger partial charge in [-0.15, -0.1) is 0 Å². The lowest BCUT2D eigenvalue weighted by Gasteiger charge is -2.30. The van der Waals surface area contributed by atoms with Crippen LogP contribution >= 0.6 is 0 Å². The quantitative estimate of drug-likeness (QED) is 0.831. The number of nitrogens with zero attached hydrogens (tertiary/aromatic N) is 1. The number of hydrogen-bond donors (Lipinski definition) is 1. The summed E-state index contributed by atoms with van der Waals surface area (Å²) < 4.78 is 0. The summed E-state index contributed by atoms with van der Waals surface area (Å²) in [7, 11) is 0. The van der Waals surface area contributed by atoms with Crippen LogP contribution in [0, 0.1) is 5.41 Å². The molecule has 0 bridgehead atoms. The van der Waals surface area contributed by atoms with E-state index in [0.29, 0.717) is 5.41 Å². The highest BCUT2D eigenvalue weighted by molar-refractivity contribution is 5.01. The van der Waals surface area contributed by atoms with Crippen LogP contribution in [0.3, 0.4) is 0 Å². The third-order valence-corrected chi connectivity index (χ3v) is 2.58. The number of nitrogens with two attached hydrogens (primary N) is 1. The highest BCUT2D eigenvalue weighted by atomic mass is 15.0. The van der Waals surface area contributed by atoms with Gasteiger partial charge in [-0.05, 0) is 31.4 Å². The van der Waals surface area contributed by atoms with E-state index in [-0.39, 0.29) is 5.54 Å². The first-order valence-electron chi connectivity index (χ1n) is 6.03. The number of hydrogen-bond acceptors (Lipinski definition) is 1. The van der Waals surface area contributed by atoms with Gasteiger partial charge >= 0.3 is 0 Å². The zero-order valence-electron chi connectivity index (χ0n) is 11.2. The number of aromatic nitrogens is 1. The second-order valence-electron chi connectivity index (χ2n) is 6.46. The summed E-state index contributed by atoms with van der Waals surface area (Å²) in [6, 6.07) is 6.10. The van der Waals surface area contributed by atoms with Crippen molar-refractivity contribution in [3.63, 3.8) is 0 Å². The maximum absolute atomic E-state index is 4.35. The molecule has 0 aliphatic rings. The molecule has 2 nitrogen and oxygen atoms in total. The van der Waals surface area contributed by atoms with Gasteiger partial charge in [-0.25, -0.2) is 0 Å². The SMILES string of the molecule is CC(C)(C)CC(C)(C)[NH2+]Cc1ccccn1. The smallest absolute Gasteiger partial charge is 0.119 e. The van der Waals surface area contributed by atoms with Crippen LogP contribution in [0.25, 0.3) is 0 Å². The third-order valence-electron chi connectivity index (χ3n) is 2.58. The second kappa shape index (κ2) is 4.96. The molecule has 0 fully saturated rings. The summed E-state index contributed by atoms with van der Waals surface area (Å²) in [6.45, 7) is 12.5. The fraction of sp³-hybridized carbons (Fsp3) is 0.643. The molecule has 0 spiro atoms. The maximum atomic E-state index is 4.35. The molecule has 2 N–H and O–H groups in total. The van der Waals surface area contributed by atoms with E-state index in [1.165, 1.54) is 6.42 Å². The molecule has 0 aliphatic heterocycles. The van der Waals surface area contributed by atoms with Gasteiger partial charge in [0.2, 0.25) is 0 Å². The Morgan fingerprint density at radius 3 is 2.31 bits per heavy atom. The molecule has 0 saturated carbocycles. The van der Waals surface area contributed by atoms with Gasteiger partial charge < -0.3 is 5.32 Å². The van der Waals surface area contributed by atoms with Gasteiger partial charge in [0.1, 0.15) is 6.54 Å². The Hall–Kier alpha value is -0.890. The lowest BCUT2D eigenvalue weighted by Crippen LogP contribution is -2.94. The van der Waals surface area contributed by atoms with Crippen molar-refractivity contribution in [2.75, 3.05) is 0 Å². The molecular formula is C14H25N2+. The third kappa shape index (κ3) is 5.26. The Bertz CT molecular complexity index is 309. The standard InChI is InChI=1S/C14H24N2/c1-13(2,3)11-14(4,5)16-10-12-8-6-7-9-15-12/h6-9,16H,10-11H2,1-5H3/p+1. The zero-order chi connectivity index (χ0) is 12.2. The van der Waals surface area contributed by atoms with Crippen LogP contribution in [0.5, 0.6) is 0 Å². The Morgan fingerprint density at radius 2 is 1.81 bits per heavy atom. The summed E-state index contributed by atoms with van der Waals surface area (Å²) in [5, 5.41) is 2.39. The van der Waals surface area contributed by atoms with E-state index in [0.717, 1.165) is 12.2 Å². The molecule has 1 heterocycles. The molecule has 2 heteroatoms. The Labute approximate surface area is 99.5 Å². The average Bonchev–Trinajstić information content (AvgIpc) is 2.13. The van der Waals surface area contributed by atoms with Gasteiger partial charge in [-0.1, -0.05) is 26.8 Å². The van der Waals surface area contributed by atoms with Crippen LogP contribution in [0.4, 0.5) is 0 Å². The summed E-state index contributed by atoms with van der Waals surface area (Å²) in [5.74, 6) is 0. The van der Waals surface area contributed by atoms with Gasteiger partial charge in [-0.2, -0.15) is 0 Å². The van der Waals surface area contributed by atoms with Crippen LogP contribution in [-0.4, -0.2) is 10.5 Å². The summed E-state index contributed by atoms with van der Waals surface area (Å²) in [6.07, 6.45) is 3.06. The highest BCUT2D eigenvalue weighted by Crippen LogP contribution is 2.24. The molecule has 0 unspecified atom stereocenters. The molecular weight excluding hydrogens is 196 g/mol. The van der Waals surface area contributed by atoms with Crippen molar-refractivity contribution in [2.24, 2.45) is 5.41 Å². The Balaban J connectivity index is 2.48. The fourth-order valence-electron chi connectivity index (χ4n) is 2.34. The van der Waals surface area contributed by atoms with E-state index in [4.69, 9.17) is 0 Å². The van der Waals surface area contributed by atoms with E-state index in [9.17, 15) is 0 Å². The van der Waals surface area contributed by atoms with Crippen molar-refractivity contribution in [2.45, 2.75) is 53.1 Å². The minimum absolute atomic E-state index is 0.274. The first-order chi connectivity index (χ1) is 7.29. The summed E-state index contributed by atoms with van der Waals surface area (Å²) in [4.78, 5) is 4.35. The molecule has 0 amide bonds. The van der Waals surface area contributed by atoms with Gasteiger partial charge in [0, 0.05) is 12.6 Å². The Kier molecular flexibility index (Phi) is 4.09.